The molecule has 4 rings (SSSR count). The van der Waals surface area contributed by atoms with Gasteiger partial charge in [0.1, 0.15) is 11.9 Å². The number of anilines is 1. The Labute approximate surface area is 171 Å². The molecule has 1 aromatic heterocycles. The molecule has 1 unspecified atom stereocenters. The van der Waals surface area contributed by atoms with E-state index in [9.17, 15) is 18.4 Å². The number of amides is 2. The summed E-state index contributed by atoms with van der Waals surface area (Å²) in [5.41, 5.74) is -0.527. The third-order valence-electron chi connectivity index (χ3n) is 5.13. The van der Waals surface area contributed by atoms with Crippen LogP contribution in [0.15, 0.2) is 42.9 Å². The van der Waals surface area contributed by atoms with Gasteiger partial charge in [0.25, 0.3) is 5.91 Å². The average molecular weight is 418 g/mol. The molecule has 1 aromatic carbocycles. The summed E-state index contributed by atoms with van der Waals surface area (Å²) >= 11 is 0. The molecule has 3 heterocycles. The van der Waals surface area contributed by atoms with E-state index in [0.29, 0.717) is 11.4 Å². The SMILES string of the molecule is Cc1ncncc1C(=O)N1CCOCC2(C1)CN(c1ccccc1)C(=O)C(F)(F)O2. The lowest BCUT2D eigenvalue weighted by molar-refractivity contribution is -0.293. The summed E-state index contributed by atoms with van der Waals surface area (Å²) in [5, 5.41) is 0. The van der Waals surface area contributed by atoms with Crippen LogP contribution in [-0.2, 0) is 14.3 Å². The van der Waals surface area contributed by atoms with Crippen LogP contribution >= 0.6 is 0 Å². The van der Waals surface area contributed by atoms with Gasteiger partial charge < -0.3 is 14.5 Å². The first kappa shape index (κ1) is 20.3. The van der Waals surface area contributed by atoms with Gasteiger partial charge in [-0.1, -0.05) is 18.2 Å². The summed E-state index contributed by atoms with van der Waals surface area (Å²) in [7, 11) is 0. The second kappa shape index (κ2) is 7.69. The Balaban J connectivity index is 1.66. The standard InChI is InChI=1S/C20H20F2N4O4/c1-14-16(9-23-13-24-14)17(27)25-7-8-29-12-19(10-25)11-26(15-5-3-2-4-6-15)18(28)20(21,22)30-19/h2-6,9,13H,7-8,10-12H2,1H3. The van der Waals surface area contributed by atoms with Crippen LogP contribution in [0.25, 0.3) is 0 Å². The molecule has 8 nitrogen and oxygen atoms in total. The van der Waals surface area contributed by atoms with Crippen LogP contribution in [0.3, 0.4) is 0 Å². The number of halogens is 2. The van der Waals surface area contributed by atoms with Gasteiger partial charge in [0.15, 0.2) is 0 Å². The molecule has 2 aliphatic heterocycles. The van der Waals surface area contributed by atoms with Crippen LogP contribution in [0.4, 0.5) is 14.5 Å². The number of benzene rings is 1. The maximum atomic E-state index is 14.6. The molecule has 0 N–H and O–H groups in total. The predicted octanol–water partition coefficient (Wildman–Crippen LogP) is 1.65. The summed E-state index contributed by atoms with van der Waals surface area (Å²) in [6.07, 6.45) is -1.34. The van der Waals surface area contributed by atoms with Gasteiger partial charge in [0.2, 0.25) is 0 Å². The zero-order valence-electron chi connectivity index (χ0n) is 16.3. The summed E-state index contributed by atoms with van der Waals surface area (Å²) in [6, 6.07) is 8.17. The van der Waals surface area contributed by atoms with E-state index in [4.69, 9.17) is 9.47 Å². The van der Waals surface area contributed by atoms with Gasteiger partial charge in [-0.3, -0.25) is 14.3 Å². The molecule has 0 saturated carbocycles. The number of morpholine rings is 1. The molecule has 0 aliphatic carbocycles. The molecule has 2 aromatic rings. The first-order valence-electron chi connectivity index (χ1n) is 9.40. The van der Waals surface area contributed by atoms with Gasteiger partial charge >= 0.3 is 12.0 Å². The van der Waals surface area contributed by atoms with E-state index >= 15 is 0 Å². The quantitative estimate of drug-likeness (QED) is 0.738. The van der Waals surface area contributed by atoms with Crippen LogP contribution in [0.1, 0.15) is 16.1 Å². The van der Waals surface area contributed by atoms with Crippen molar-refractivity contribution in [2.45, 2.75) is 18.6 Å². The molecule has 30 heavy (non-hydrogen) atoms. The highest BCUT2D eigenvalue weighted by Gasteiger charge is 2.58. The number of nitrogens with zero attached hydrogens (tertiary/aromatic N) is 4. The molecule has 1 atom stereocenters. The number of rotatable bonds is 2. The highest BCUT2D eigenvalue weighted by Crippen LogP contribution is 2.37. The van der Waals surface area contributed by atoms with Crippen molar-refractivity contribution >= 4 is 17.5 Å². The Kier molecular flexibility index (Phi) is 5.20. The molecule has 2 saturated heterocycles. The molecule has 10 heteroatoms. The van der Waals surface area contributed by atoms with Crippen molar-refractivity contribution in [2.24, 2.45) is 0 Å². The monoisotopic (exact) mass is 418 g/mol. The van der Waals surface area contributed by atoms with Gasteiger partial charge in [0, 0.05) is 18.4 Å². The summed E-state index contributed by atoms with van der Waals surface area (Å²) in [6.45, 7) is 1.46. The van der Waals surface area contributed by atoms with Crippen molar-refractivity contribution in [1.82, 2.24) is 14.9 Å². The van der Waals surface area contributed by atoms with Gasteiger partial charge in [-0.15, -0.1) is 0 Å². The number of aryl methyl sites for hydroxylation is 1. The summed E-state index contributed by atoms with van der Waals surface area (Å²) in [5.74, 6) is -1.86. The predicted molar refractivity (Wildman–Crippen MR) is 101 cm³/mol. The van der Waals surface area contributed by atoms with E-state index < -0.39 is 23.5 Å². The highest BCUT2D eigenvalue weighted by atomic mass is 19.3. The van der Waals surface area contributed by atoms with Crippen LogP contribution in [-0.4, -0.2) is 71.2 Å². The van der Waals surface area contributed by atoms with Crippen molar-refractivity contribution in [3.05, 3.63) is 54.1 Å². The molecular weight excluding hydrogens is 398 g/mol. The van der Waals surface area contributed by atoms with Crippen molar-refractivity contribution in [3.63, 3.8) is 0 Å². The first-order chi connectivity index (χ1) is 14.3. The number of ether oxygens (including phenoxy) is 2. The van der Waals surface area contributed by atoms with E-state index in [1.807, 2.05) is 0 Å². The average Bonchev–Trinajstić information content (AvgIpc) is 2.93. The summed E-state index contributed by atoms with van der Waals surface area (Å²) < 4.78 is 39.8. The van der Waals surface area contributed by atoms with E-state index in [0.717, 1.165) is 4.90 Å². The lowest BCUT2D eigenvalue weighted by Gasteiger charge is -2.45. The van der Waals surface area contributed by atoms with E-state index in [1.54, 1.807) is 37.3 Å². The zero-order chi connectivity index (χ0) is 21.4. The van der Waals surface area contributed by atoms with Crippen molar-refractivity contribution in [1.29, 1.82) is 0 Å². The van der Waals surface area contributed by atoms with Crippen molar-refractivity contribution in [3.8, 4) is 0 Å². The maximum absolute atomic E-state index is 14.6. The lowest BCUT2D eigenvalue weighted by Crippen LogP contribution is -2.66. The Morgan fingerprint density at radius 1 is 1.20 bits per heavy atom. The highest BCUT2D eigenvalue weighted by molar-refractivity contribution is 5.98. The molecule has 2 aliphatic rings. The molecule has 1 spiro atoms. The molecule has 0 radical (unpaired) electrons. The number of aromatic nitrogens is 2. The fraction of sp³-hybridized carbons (Fsp3) is 0.400. The minimum Gasteiger partial charge on any atom is -0.376 e. The van der Waals surface area contributed by atoms with E-state index in [2.05, 4.69) is 9.97 Å². The fourth-order valence-corrected chi connectivity index (χ4v) is 3.69. The van der Waals surface area contributed by atoms with Gasteiger partial charge in [-0.05, 0) is 19.1 Å². The Morgan fingerprint density at radius 2 is 1.97 bits per heavy atom. The minimum absolute atomic E-state index is 0.147. The molecule has 2 fully saturated rings. The number of alkyl halides is 2. The van der Waals surface area contributed by atoms with E-state index in [-0.39, 0.29) is 38.4 Å². The largest absolute Gasteiger partial charge is 0.437 e. The number of hydrogen-bond acceptors (Lipinski definition) is 6. The number of carbonyl (C=O) groups is 2. The Morgan fingerprint density at radius 3 is 2.70 bits per heavy atom. The topological polar surface area (TPSA) is 84.9 Å². The first-order valence-corrected chi connectivity index (χ1v) is 9.40. The Bertz CT molecular complexity index is 959. The van der Waals surface area contributed by atoms with Crippen molar-refractivity contribution < 1.29 is 27.8 Å². The van der Waals surface area contributed by atoms with Gasteiger partial charge in [-0.2, -0.15) is 8.78 Å². The van der Waals surface area contributed by atoms with Crippen molar-refractivity contribution in [2.75, 3.05) is 37.7 Å². The molecule has 0 bridgehead atoms. The second-order valence-corrected chi connectivity index (χ2v) is 7.33. The summed E-state index contributed by atoms with van der Waals surface area (Å²) in [4.78, 5) is 35.7. The second-order valence-electron chi connectivity index (χ2n) is 7.33. The maximum Gasteiger partial charge on any atom is 0.437 e. The van der Waals surface area contributed by atoms with Crippen LogP contribution < -0.4 is 4.90 Å². The molecular formula is C20H20F2N4O4. The number of carbonyl (C=O) groups excluding carboxylic acids is 2. The normalized spacial score (nSPS) is 24.0. The van der Waals surface area contributed by atoms with Gasteiger partial charge in [0.05, 0.1) is 37.6 Å². The Hall–Kier alpha value is -2.98. The molecule has 158 valence electrons. The van der Waals surface area contributed by atoms with E-state index in [1.165, 1.54) is 17.4 Å². The molecule has 2 amide bonds. The van der Waals surface area contributed by atoms with Crippen LogP contribution in [0, 0.1) is 6.92 Å². The zero-order valence-corrected chi connectivity index (χ0v) is 16.3. The van der Waals surface area contributed by atoms with Gasteiger partial charge in [-0.25, -0.2) is 9.97 Å². The van der Waals surface area contributed by atoms with Crippen LogP contribution in [0.5, 0.6) is 0 Å². The fourth-order valence-electron chi connectivity index (χ4n) is 3.69. The smallest absolute Gasteiger partial charge is 0.376 e. The number of para-hydroxylation sites is 1. The third-order valence-corrected chi connectivity index (χ3v) is 5.13. The number of hydrogen-bond donors (Lipinski definition) is 0. The third kappa shape index (κ3) is 3.75. The minimum atomic E-state index is -4.05. The lowest BCUT2D eigenvalue weighted by atomic mass is 10.00. The van der Waals surface area contributed by atoms with Crippen LogP contribution in [0.2, 0.25) is 0 Å².